The molecular formula is C18H23N3O5S. The molecule has 2 aromatic rings. The van der Waals surface area contributed by atoms with Crippen LogP contribution in [0.1, 0.15) is 21.8 Å². The van der Waals surface area contributed by atoms with Crippen LogP contribution in [0.15, 0.2) is 34.9 Å². The van der Waals surface area contributed by atoms with Crippen LogP contribution in [0.25, 0.3) is 0 Å². The van der Waals surface area contributed by atoms with Crippen molar-refractivity contribution in [1.82, 2.24) is 10.1 Å². The summed E-state index contributed by atoms with van der Waals surface area (Å²) in [6.45, 7) is 2.51. The molecule has 2 atom stereocenters. The topological polar surface area (TPSA) is 104 Å². The van der Waals surface area contributed by atoms with Crippen LogP contribution < -0.4 is 4.31 Å². The van der Waals surface area contributed by atoms with Gasteiger partial charge in [0.25, 0.3) is 5.91 Å². The van der Waals surface area contributed by atoms with Crippen LogP contribution in [0, 0.1) is 12.8 Å². The summed E-state index contributed by atoms with van der Waals surface area (Å²) >= 11 is 0. The molecule has 1 aliphatic heterocycles. The van der Waals surface area contributed by atoms with Crippen molar-refractivity contribution in [3.8, 4) is 0 Å². The van der Waals surface area contributed by atoms with Gasteiger partial charge in [-0.2, -0.15) is 0 Å². The number of carbonyl (C=O) groups is 1. The predicted octanol–water partition coefficient (Wildman–Crippen LogP) is 1.05. The molecule has 1 N–H and O–H groups in total. The maximum atomic E-state index is 12.7. The van der Waals surface area contributed by atoms with Crippen molar-refractivity contribution in [3.05, 3.63) is 47.3 Å². The Hall–Kier alpha value is -2.39. The Morgan fingerprint density at radius 2 is 2.00 bits per heavy atom. The first kappa shape index (κ1) is 19.4. The van der Waals surface area contributed by atoms with Crippen LogP contribution >= 0.6 is 0 Å². The Balaban J connectivity index is 1.67. The Bertz CT molecular complexity index is 923. The molecule has 1 aliphatic rings. The molecule has 0 radical (unpaired) electrons. The molecular weight excluding hydrogens is 370 g/mol. The van der Waals surface area contributed by atoms with Crippen LogP contribution in [0.3, 0.4) is 0 Å². The van der Waals surface area contributed by atoms with E-state index in [1.807, 2.05) is 13.0 Å². The van der Waals surface area contributed by atoms with E-state index < -0.39 is 16.1 Å². The van der Waals surface area contributed by atoms with Crippen LogP contribution in [0.4, 0.5) is 5.69 Å². The number of anilines is 1. The summed E-state index contributed by atoms with van der Waals surface area (Å²) in [5.41, 5.74) is 1.71. The lowest BCUT2D eigenvalue weighted by Gasteiger charge is -2.18. The van der Waals surface area contributed by atoms with E-state index in [0.29, 0.717) is 30.0 Å². The number of rotatable bonds is 5. The van der Waals surface area contributed by atoms with Gasteiger partial charge in [-0.25, -0.2) is 8.42 Å². The number of likely N-dealkylation sites (tertiary alicyclic amines) is 1. The fourth-order valence-electron chi connectivity index (χ4n) is 3.18. The second kappa shape index (κ2) is 7.32. The van der Waals surface area contributed by atoms with Gasteiger partial charge in [0, 0.05) is 44.1 Å². The largest absolute Gasteiger partial charge is 0.391 e. The first-order valence-electron chi connectivity index (χ1n) is 8.58. The lowest BCUT2D eigenvalue weighted by molar-refractivity contribution is 0.0764. The Morgan fingerprint density at radius 1 is 1.33 bits per heavy atom. The molecule has 1 aromatic carbocycles. The van der Waals surface area contributed by atoms with Crippen molar-refractivity contribution in [1.29, 1.82) is 0 Å². The standard InChI is InChI=1S/C18H23N3O5S/c1-12-8-16(26-19-12)9-14-10-21(11-17(14)22)18(23)13-4-6-15(7-5-13)20(2)27(3,24)25/h4-8,14,17,22H,9-11H2,1-3H3/t14-,17+/m1/s1. The third kappa shape index (κ3) is 4.30. The highest BCUT2D eigenvalue weighted by atomic mass is 32.2. The van der Waals surface area contributed by atoms with E-state index in [9.17, 15) is 18.3 Å². The third-order valence-electron chi connectivity index (χ3n) is 4.81. The van der Waals surface area contributed by atoms with Gasteiger partial charge in [-0.05, 0) is 31.2 Å². The molecule has 0 bridgehead atoms. The molecule has 0 unspecified atom stereocenters. The number of aryl methyl sites for hydroxylation is 1. The van der Waals surface area contributed by atoms with Crippen molar-refractivity contribution >= 4 is 21.6 Å². The van der Waals surface area contributed by atoms with Gasteiger partial charge in [-0.3, -0.25) is 9.10 Å². The van der Waals surface area contributed by atoms with E-state index in [0.717, 1.165) is 16.3 Å². The van der Waals surface area contributed by atoms with Gasteiger partial charge >= 0.3 is 0 Å². The molecule has 27 heavy (non-hydrogen) atoms. The Morgan fingerprint density at radius 3 is 2.56 bits per heavy atom. The zero-order chi connectivity index (χ0) is 19.8. The van der Waals surface area contributed by atoms with E-state index >= 15 is 0 Å². The van der Waals surface area contributed by atoms with E-state index in [1.54, 1.807) is 29.2 Å². The number of aliphatic hydroxyl groups is 1. The first-order chi connectivity index (χ1) is 12.6. The van der Waals surface area contributed by atoms with Crippen LogP contribution in [-0.4, -0.2) is 62.0 Å². The maximum absolute atomic E-state index is 12.7. The lowest BCUT2D eigenvalue weighted by Crippen LogP contribution is -2.29. The molecule has 0 spiro atoms. The predicted molar refractivity (Wildman–Crippen MR) is 100 cm³/mol. The molecule has 8 nitrogen and oxygen atoms in total. The molecule has 0 saturated carbocycles. The fraction of sp³-hybridized carbons (Fsp3) is 0.444. The maximum Gasteiger partial charge on any atom is 0.253 e. The second-order valence-corrected chi connectivity index (χ2v) is 8.97. The van der Waals surface area contributed by atoms with Crippen molar-refractivity contribution in [3.63, 3.8) is 0 Å². The number of hydrogen-bond donors (Lipinski definition) is 1. The molecule has 146 valence electrons. The monoisotopic (exact) mass is 393 g/mol. The van der Waals surface area contributed by atoms with E-state index in [2.05, 4.69) is 5.16 Å². The molecule has 1 fully saturated rings. The summed E-state index contributed by atoms with van der Waals surface area (Å²) < 4.78 is 29.5. The zero-order valence-corrected chi connectivity index (χ0v) is 16.3. The number of β-amino-alcohol motifs (C(OH)–C–C–N with tert-alkyl or cyclic N) is 1. The number of carbonyl (C=O) groups excluding carboxylic acids is 1. The minimum absolute atomic E-state index is 0.114. The Labute approximate surface area is 158 Å². The highest BCUT2D eigenvalue weighted by Gasteiger charge is 2.35. The lowest BCUT2D eigenvalue weighted by atomic mass is 10.0. The molecule has 2 heterocycles. The smallest absolute Gasteiger partial charge is 0.253 e. The summed E-state index contributed by atoms with van der Waals surface area (Å²) in [5, 5.41) is 14.1. The van der Waals surface area contributed by atoms with Gasteiger partial charge in [0.2, 0.25) is 10.0 Å². The number of nitrogens with zero attached hydrogens (tertiary/aromatic N) is 3. The van der Waals surface area contributed by atoms with E-state index in [4.69, 9.17) is 4.52 Å². The first-order valence-corrected chi connectivity index (χ1v) is 10.4. The van der Waals surface area contributed by atoms with Crippen LogP contribution in [0.2, 0.25) is 0 Å². The van der Waals surface area contributed by atoms with Crippen molar-refractivity contribution in [2.75, 3.05) is 30.7 Å². The van der Waals surface area contributed by atoms with Crippen molar-refractivity contribution in [2.45, 2.75) is 19.4 Å². The average molecular weight is 393 g/mol. The zero-order valence-electron chi connectivity index (χ0n) is 15.5. The van der Waals surface area contributed by atoms with Gasteiger partial charge in [0.05, 0.1) is 23.7 Å². The van der Waals surface area contributed by atoms with Crippen LogP contribution in [-0.2, 0) is 16.4 Å². The summed E-state index contributed by atoms with van der Waals surface area (Å²) in [6.07, 6.45) is 1.01. The fourth-order valence-corrected chi connectivity index (χ4v) is 3.68. The van der Waals surface area contributed by atoms with Gasteiger partial charge in [0.1, 0.15) is 5.76 Å². The minimum atomic E-state index is -3.36. The van der Waals surface area contributed by atoms with Gasteiger partial charge < -0.3 is 14.5 Å². The molecule has 1 amide bonds. The molecule has 9 heteroatoms. The molecule has 3 rings (SSSR count). The number of hydrogen-bond acceptors (Lipinski definition) is 6. The van der Waals surface area contributed by atoms with Gasteiger partial charge in [-0.15, -0.1) is 0 Å². The number of sulfonamides is 1. The summed E-state index contributed by atoms with van der Waals surface area (Å²) in [6, 6.07) is 8.21. The number of aliphatic hydroxyl groups excluding tert-OH is 1. The SMILES string of the molecule is Cc1cc(C[C@@H]2CN(C(=O)c3ccc(N(C)S(C)(=O)=O)cc3)C[C@@H]2O)on1. The Kier molecular flexibility index (Phi) is 5.25. The number of aromatic nitrogens is 1. The van der Waals surface area contributed by atoms with Crippen molar-refractivity contribution < 1.29 is 22.8 Å². The van der Waals surface area contributed by atoms with Gasteiger partial charge in [0.15, 0.2) is 0 Å². The van der Waals surface area contributed by atoms with E-state index in [1.165, 1.54) is 7.05 Å². The highest BCUT2D eigenvalue weighted by Crippen LogP contribution is 2.24. The average Bonchev–Trinajstić information content (AvgIpc) is 3.19. The molecule has 1 saturated heterocycles. The normalized spacial score (nSPS) is 20.1. The number of amides is 1. The van der Waals surface area contributed by atoms with Crippen molar-refractivity contribution in [2.24, 2.45) is 5.92 Å². The number of benzene rings is 1. The second-order valence-electron chi connectivity index (χ2n) is 6.95. The summed E-state index contributed by atoms with van der Waals surface area (Å²) in [7, 11) is -1.90. The van der Waals surface area contributed by atoms with Gasteiger partial charge in [-0.1, -0.05) is 5.16 Å². The highest BCUT2D eigenvalue weighted by molar-refractivity contribution is 7.92. The minimum Gasteiger partial charge on any atom is -0.391 e. The molecule has 1 aromatic heterocycles. The third-order valence-corrected chi connectivity index (χ3v) is 6.01. The summed E-state index contributed by atoms with van der Waals surface area (Å²) in [5.74, 6) is 0.384. The van der Waals surface area contributed by atoms with E-state index in [-0.39, 0.29) is 18.4 Å². The van der Waals surface area contributed by atoms with Crippen LogP contribution in [0.5, 0.6) is 0 Å². The molecule has 0 aliphatic carbocycles. The summed E-state index contributed by atoms with van der Waals surface area (Å²) in [4.78, 5) is 14.3. The quantitative estimate of drug-likeness (QED) is 0.814.